The van der Waals surface area contributed by atoms with Crippen LogP contribution in [-0.4, -0.2) is 39.9 Å². The van der Waals surface area contributed by atoms with E-state index in [0.717, 1.165) is 51.4 Å². The van der Waals surface area contributed by atoms with Crippen molar-refractivity contribution in [3.8, 4) is 0 Å². The lowest BCUT2D eigenvalue weighted by Gasteiger charge is -2.36. The number of piperidine rings is 1. The van der Waals surface area contributed by atoms with E-state index in [1.54, 1.807) is 11.8 Å². The number of carbonyl (C=O) groups excluding carboxylic acids is 2. The molecular weight excluding hydrogens is 332 g/mol. The smallest absolute Gasteiger partial charge is 0.245 e. The molecule has 2 heterocycles. The molecule has 0 radical (unpaired) electrons. The summed E-state index contributed by atoms with van der Waals surface area (Å²) in [5, 5.41) is 7.39. The average Bonchev–Trinajstić information content (AvgIpc) is 2.96. The van der Waals surface area contributed by atoms with Crippen LogP contribution < -0.4 is 5.32 Å². The van der Waals surface area contributed by atoms with Crippen LogP contribution in [0.5, 0.6) is 0 Å². The summed E-state index contributed by atoms with van der Waals surface area (Å²) in [6.07, 6.45) is 8.92. The van der Waals surface area contributed by atoms with E-state index in [9.17, 15) is 9.59 Å². The Kier molecular flexibility index (Phi) is 5.74. The fourth-order valence-corrected chi connectivity index (χ4v) is 4.09. The molecule has 1 aromatic heterocycles. The van der Waals surface area contributed by atoms with Crippen molar-refractivity contribution >= 4 is 11.8 Å². The zero-order valence-electron chi connectivity index (χ0n) is 15.5. The lowest BCUT2D eigenvalue weighted by atomic mass is 9.87. The molecule has 3 rings (SSSR count). The number of carbonyl (C=O) groups is 2. The first-order valence-corrected chi connectivity index (χ1v) is 9.58. The van der Waals surface area contributed by atoms with E-state index in [0.29, 0.717) is 24.8 Å². The molecule has 2 fully saturated rings. The third-order valence-electron chi connectivity index (χ3n) is 5.55. The number of likely N-dealkylation sites (tertiary alicyclic amines) is 1. The molecule has 7 heteroatoms. The lowest BCUT2D eigenvalue weighted by molar-refractivity contribution is -0.133. The van der Waals surface area contributed by atoms with Gasteiger partial charge in [0.15, 0.2) is 5.82 Å². The van der Waals surface area contributed by atoms with Gasteiger partial charge in [-0.2, -0.15) is 4.98 Å². The van der Waals surface area contributed by atoms with E-state index < -0.39 is 5.54 Å². The van der Waals surface area contributed by atoms with E-state index in [1.165, 1.54) is 6.08 Å². The third kappa shape index (κ3) is 3.97. The summed E-state index contributed by atoms with van der Waals surface area (Å²) in [6.45, 7) is 6.44. The Balaban J connectivity index is 1.77. The van der Waals surface area contributed by atoms with Gasteiger partial charge in [-0.1, -0.05) is 37.4 Å². The minimum atomic E-state index is -0.559. The molecule has 1 saturated carbocycles. The van der Waals surface area contributed by atoms with Crippen LogP contribution in [0.4, 0.5) is 0 Å². The van der Waals surface area contributed by atoms with Gasteiger partial charge in [0.1, 0.15) is 5.54 Å². The number of aromatic nitrogens is 2. The number of amides is 2. The van der Waals surface area contributed by atoms with Crippen molar-refractivity contribution in [2.45, 2.75) is 63.8 Å². The van der Waals surface area contributed by atoms with Crippen LogP contribution in [-0.2, 0) is 15.1 Å². The molecule has 0 spiro atoms. The van der Waals surface area contributed by atoms with Crippen molar-refractivity contribution in [2.24, 2.45) is 5.92 Å². The Morgan fingerprint density at radius 1 is 1.27 bits per heavy atom. The van der Waals surface area contributed by atoms with Crippen LogP contribution >= 0.6 is 0 Å². The van der Waals surface area contributed by atoms with Crippen molar-refractivity contribution in [1.29, 1.82) is 0 Å². The highest BCUT2D eigenvalue weighted by atomic mass is 16.5. The summed E-state index contributed by atoms with van der Waals surface area (Å²) >= 11 is 0. The molecule has 1 N–H and O–H groups in total. The second-order valence-electron chi connectivity index (χ2n) is 7.45. The third-order valence-corrected chi connectivity index (χ3v) is 5.55. The summed E-state index contributed by atoms with van der Waals surface area (Å²) in [5.74, 6) is 0.760. The number of nitrogens with zero attached hydrogens (tertiary/aromatic N) is 3. The second-order valence-corrected chi connectivity index (χ2v) is 7.45. The van der Waals surface area contributed by atoms with Crippen molar-refractivity contribution in [3.05, 3.63) is 24.4 Å². The summed E-state index contributed by atoms with van der Waals surface area (Å²) in [4.78, 5) is 31.1. The maximum absolute atomic E-state index is 13.1. The number of nitrogens with one attached hydrogen (secondary N) is 1. The standard InChI is InChI=1S/C19H28N4O3/c1-3-16(24)23-12-8-9-15(13-23)17(25)21-19(10-6-4-5-7-11-19)18-20-14(2)26-22-18/h3,15H,1,4-13H2,2H3,(H,21,25). The topological polar surface area (TPSA) is 88.3 Å². The Morgan fingerprint density at radius 2 is 2.00 bits per heavy atom. The SMILES string of the molecule is C=CC(=O)N1CCCC(C(=O)NC2(c3noc(C)n3)CCCCCC2)C1. The monoisotopic (exact) mass is 360 g/mol. The molecule has 1 aliphatic carbocycles. The normalized spacial score (nSPS) is 23.1. The summed E-state index contributed by atoms with van der Waals surface area (Å²) in [6, 6.07) is 0. The van der Waals surface area contributed by atoms with Gasteiger partial charge >= 0.3 is 0 Å². The molecule has 0 aromatic carbocycles. The Bertz CT molecular complexity index is 661. The van der Waals surface area contributed by atoms with E-state index in [-0.39, 0.29) is 17.7 Å². The second kappa shape index (κ2) is 8.01. The van der Waals surface area contributed by atoms with E-state index in [2.05, 4.69) is 22.0 Å². The molecule has 1 saturated heterocycles. The van der Waals surface area contributed by atoms with Crippen molar-refractivity contribution in [3.63, 3.8) is 0 Å². The van der Waals surface area contributed by atoms with E-state index >= 15 is 0 Å². The van der Waals surface area contributed by atoms with E-state index in [1.807, 2.05) is 0 Å². The fraction of sp³-hybridized carbons (Fsp3) is 0.684. The summed E-state index contributed by atoms with van der Waals surface area (Å²) < 4.78 is 5.20. The van der Waals surface area contributed by atoms with Crippen LogP contribution in [0, 0.1) is 12.8 Å². The van der Waals surface area contributed by atoms with Crippen molar-refractivity contribution in [1.82, 2.24) is 20.4 Å². The molecule has 0 bridgehead atoms. The minimum Gasteiger partial charge on any atom is -0.343 e. The maximum Gasteiger partial charge on any atom is 0.245 e. The molecule has 1 aromatic rings. The van der Waals surface area contributed by atoms with Gasteiger partial charge in [-0.3, -0.25) is 9.59 Å². The maximum atomic E-state index is 13.1. The first-order valence-electron chi connectivity index (χ1n) is 9.58. The predicted octanol–water partition coefficient (Wildman–Crippen LogP) is 2.47. The van der Waals surface area contributed by atoms with Gasteiger partial charge in [0.25, 0.3) is 0 Å². The highest BCUT2D eigenvalue weighted by Gasteiger charge is 2.40. The predicted molar refractivity (Wildman–Crippen MR) is 96.1 cm³/mol. The first kappa shape index (κ1) is 18.6. The molecule has 1 unspecified atom stereocenters. The molecule has 2 amide bonds. The van der Waals surface area contributed by atoms with Crippen LogP contribution in [0.3, 0.4) is 0 Å². The van der Waals surface area contributed by atoms with Crippen LogP contribution in [0.25, 0.3) is 0 Å². The van der Waals surface area contributed by atoms with Gasteiger partial charge in [0.05, 0.1) is 5.92 Å². The largest absolute Gasteiger partial charge is 0.343 e. The Hall–Kier alpha value is -2.18. The quantitative estimate of drug-likeness (QED) is 0.658. The van der Waals surface area contributed by atoms with Crippen molar-refractivity contribution < 1.29 is 14.1 Å². The van der Waals surface area contributed by atoms with Gasteiger partial charge < -0.3 is 14.7 Å². The lowest BCUT2D eigenvalue weighted by Crippen LogP contribution is -2.52. The number of hydrogen-bond acceptors (Lipinski definition) is 5. The van der Waals surface area contributed by atoms with Gasteiger partial charge in [-0.25, -0.2) is 0 Å². The average molecular weight is 360 g/mol. The van der Waals surface area contributed by atoms with Crippen LogP contribution in [0.15, 0.2) is 17.2 Å². The van der Waals surface area contributed by atoms with Crippen LogP contribution in [0.2, 0.25) is 0 Å². The zero-order valence-corrected chi connectivity index (χ0v) is 15.5. The Labute approximate surface area is 154 Å². The number of rotatable bonds is 4. The summed E-state index contributed by atoms with van der Waals surface area (Å²) in [5.41, 5.74) is -0.559. The molecule has 142 valence electrons. The molecule has 2 aliphatic rings. The highest BCUT2D eigenvalue weighted by Crippen LogP contribution is 2.35. The van der Waals surface area contributed by atoms with Gasteiger partial charge in [-0.15, -0.1) is 0 Å². The molecular formula is C19H28N4O3. The van der Waals surface area contributed by atoms with Gasteiger partial charge in [0.2, 0.25) is 17.7 Å². The summed E-state index contributed by atoms with van der Waals surface area (Å²) in [7, 11) is 0. The van der Waals surface area contributed by atoms with Crippen LogP contribution in [0.1, 0.15) is 63.1 Å². The molecule has 7 nitrogen and oxygen atoms in total. The number of aryl methyl sites for hydroxylation is 1. The fourth-order valence-electron chi connectivity index (χ4n) is 4.09. The zero-order chi connectivity index (χ0) is 18.6. The van der Waals surface area contributed by atoms with Crippen molar-refractivity contribution in [2.75, 3.05) is 13.1 Å². The van der Waals surface area contributed by atoms with E-state index in [4.69, 9.17) is 4.52 Å². The molecule has 1 atom stereocenters. The number of hydrogen-bond donors (Lipinski definition) is 1. The first-order chi connectivity index (χ1) is 12.5. The van der Waals surface area contributed by atoms with Gasteiger partial charge in [-0.05, 0) is 31.8 Å². The highest BCUT2D eigenvalue weighted by molar-refractivity contribution is 5.88. The Morgan fingerprint density at radius 3 is 2.62 bits per heavy atom. The molecule has 26 heavy (non-hydrogen) atoms. The minimum absolute atomic E-state index is 0.0177. The van der Waals surface area contributed by atoms with Gasteiger partial charge in [0, 0.05) is 20.0 Å². The molecule has 1 aliphatic heterocycles.